The molecule has 0 aliphatic heterocycles. The Labute approximate surface area is 317 Å². The topological polar surface area (TPSA) is 102 Å². The van der Waals surface area contributed by atoms with E-state index in [1.807, 2.05) is 0 Å². The zero-order chi connectivity index (χ0) is 37.4. The second kappa shape index (κ2) is 40.7. The van der Waals surface area contributed by atoms with Gasteiger partial charge in [-0.3, -0.25) is 9.32 Å². The fourth-order valence-corrected chi connectivity index (χ4v) is 7.22. The second-order valence-electron chi connectivity index (χ2n) is 15.4. The zero-order valence-corrected chi connectivity index (χ0v) is 34.9. The van der Waals surface area contributed by atoms with Crippen molar-refractivity contribution in [2.45, 2.75) is 251 Å². The molecule has 0 saturated carbocycles. The van der Waals surface area contributed by atoms with Crippen LogP contribution in [-0.4, -0.2) is 41.7 Å². The molecule has 0 aliphatic carbocycles. The van der Waals surface area contributed by atoms with Crippen LogP contribution in [0.4, 0.5) is 0 Å². The minimum Gasteiger partial charge on any atom is -0.457 e. The summed E-state index contributed by atoms with van der Waals surface area (Å²) in [6, 6.07) is 0. The average Bonchev–Trinajstić information content (AvgIpc) is 3.10. The predicted octanol–water partition coefficient (Wildman–Crippen LogP) is 14.1. The van der Waals surface area contributed by atoms with E-state index in [0.717, 1.165) is 32.1 Å². The van der Waals surface area contributed by atoms with Gasteiger partial charge in [0, 0.05) is 13.0 Å². The second-order valence-corrected chi connectivity index (χ2v) is 16.6. The summed E-state index contributed by atoms with van der Waals surface area (Å²) >= 11 is 0. The van der Waals surface area contributed by atoms with Crippen molar-refractivity contribution in [2.24, 2.45) is 0 Å². The number of phosphoric ester groups is 1. The van der Waals surface area contributed by atoms with Gasteiger partial charge in [0.15, 0.2) is 0 Å². The molecule has 0 saturated heterocycles. The van der Waals surface area contributed by atoms with Gasteiger partial charge in [0.05, 0.1) is 13.2 Å². The first-order valence-corrected chi connectivity index (χ1v) is 23.9. The fraction of sp³-hybridized carbons (Fsp3) is 0.977. The van der Waals surface area contributed by atoms with Crippen LogP contribution in [0.15, 0.2) is 0 Å². The van der Waals surface area contributed by atoms with Gasteiger partial charge in [0.2, 0.25) is 0 Å². The van der Waals surface area contributed by atoms with E-state index in [1.54, 1.807) is 0 Å². The van der Waals surface area contributed by atoms with E-state index < -0.39 is 13.9 Å². The maximum atomic E-state index is 12.4. The lowest BCUT2D eigenvalue weighted by Crippen LogP contribution is -2.28. The maximum absolute atomic E-state index is 12.4. The molecule has 0 rings (SSSR count). The third kappa shape index (κ3) is 43.8. The molecule has 51 heavy (non-hydrogen) atoms. The molecule has 8 heteroatoms. The van der Waals surface area contributed by atoms with E-state index in [1.165, 1.54) is 193 Å². The van der Waals surface area contributed by atoms with E-state index in [-0.39, 0.29) is 19.2 Å². The molecule has 1 atom stereocenters. The van der Waals surface area contributed by atoms with Crippen LogP contribution in [0.25, 0.3) is 0 Å². The lowest BCUT2D eigenvalue weighted by molar-refractivity contribution is -0.154. The predicted molar refractivity (Wildman–Crippen MR) is 216 cm³/mol. The van der Waals surface area contributed by atoms with E-state index in [4.69, 9.17) is 19.3 Å². The fourth-order valence-electron chi connectivity index (χ4n) is 6.86. The van der Waals surface area contributed by atoms with Crippen molar-refractivity contribution in [3.05, 3.63) is 0 Å². The number of unbranched alkanes of at least 4 members (excludes halogenated alkanes) is 33. The van der Waals surface area contributed by atoms with Gasteiger partial charge in [0.1, 0.15) is 6.10 Å². The summed E-state index contributed by atoms with van der Waals surface area (Å²) in [6.07, 6.45) is 45.3. The highest BCUT2D eigenvalue weighted by Gasteiger charge is 2.21. The van der Waals surface area contributed by atoms with Crippen LogP contribution in [0.5, 0.6) is 0 Å². The summed E-state index contributed by atoms with van der Waals surface area (Å²) in [5, 5.41) is 0. The first-order chi connectivity index (χ1) is 24.9. The highest BCUT2D eigenvalue weighted by atomic mass is 31.2. The van der Waals surface area contributed by atoms with E-state index in [2.05, 4.69) is 18.4 Å². The van der Waals surface area contributed by atoms with Crippen molar-refractivity contribution in [1.29, 1.82) is 0 Å². The quantitative estimate of drug-likeness (QED) is 0.0364. The molecule has 0 unspecified atom stereocenters. The van der Waals surface area contributed by atoms with Crippen molar-refractivity contribution in [2.75, 3.05) is 19.8 Å². The van der Waals surface area contributed by atoms with Crippen LogP contribution >= 0.6 is 7.82 Å². The molecule has 0 aliphatic rings. The molecule has 0 spiro atoms. The number of hydrogen-bond acceptors (Lipinski definition) is 5. The number of hydrogen-bond donors (Lipinski definition) is 2. The minimum atomic E-state index is -4.65. The largest absolute Gasteiger partial charge is 0.469 e. The van der Waals surface area contributed by atoms with Gasteiger partial charge in [-0.05, 0) is 12.8 Å². The molecule has 7 nitrogen and oxygen atoms in total. The Balaban J connectivity index is 3.69. The smallest absolute Gasteiger partial charge is 0.457 e. The summed E-state index contributed by atoms with van der Waals surface area (Å²) in [4.78, 5) is 30.6. The molecule has 0 aromatic rings. The summed E-state index contributed by atoms with van der Waals surface area (Å²) in [7, 11) is -4.65. The van der Waals surface area contributed by atoms with Gasteiger partial charge < -0.3 is 19.3 Å². The molecule has 0 aromatic carbocycles. The first kappa shape index (κ1) is 50.5. The Morgan fingerprint density at radius 2 is 0.745 bits per heavy atom. The van der Waals surface area contributed by atoms with Crippen LogP contribution in [0.2, 0.25) is 0 Å². The number of ether oxygens (including phenoxy) is 2. The summed E-state index contributed by atoms with van der Waals surface area (Å²) in [5.74, 6) is -0.354. The number of phosphoric acid groups is 1. The molecule has 0 amide bonds. The Hall–Kier alpha value is -0.460. The minimum absolute atomic E-state index is 0.0868. The van der Waals surface area contributed by atoms with Crippen LogP contribution in [0, 0.1) is 0 Å². The van der Waals surface area contributed by atoms with Crippen molar-refractivity contribution in [3.8, 4) is 0 Å². The SMILES string of the molecule is CCCCCCCCCCCCCCCCCCCCCCCC(=O)O[C@H](COCCCCCCCCCCCCCCCC)COP(=O)(O)O. The maximum Gasteiger partial charge on any atom is 0.469 e. The average molecular weight is 747 g/mol. The summed E-state index contributed by atoms with van der Waals surface area (Å²) in [6.45, 7) is 4.81. The normalized spacial score (nSPS) is 12.5. The van der Waals surface area contributed by atoms with Crippen LogP contribution < -0.4 is 0 Å². The van der Waals surface area contributed by atoms with Gasteiger partial charge in [-0.2, -0.15) is 0 Å². The molecule has 0 aromatic heterocycles. The lowest BCUT2D eigenvalue weighted by atomic mass is 10.0. The summed E-state index contributed by atoms with van der Waals surface area (Å²) < 4.78 is 27.0. The third-order valence-electron chi connectivity index (χ3n) is 10.2. The Morgan fingerprint density at radius 1 is 0.451 bits per heavy atom. The van der Waals surface area contributed by atoms with Crippen molar-refractivity contribution in [1.82, 2.24) is 0 Å². The molecular weight excluding hydrogens is 659 g/mol. The first-order valence-electron chi connectivity index (χ1n) is 22.4. The van der Waals surface area contributed by atoms with Gasteiger partial charge in [-0.15, -0.1) is 0 Å². The molecule has 0 radical (unpaired) electrons. The van der Waals surface area contributed by atoms with Crippen molar-refractivity contribution in [3.63, 3.8) is 0 Å². The summed E-state index contributed by atoms with van der Waals surface area (Å²) in [5.41, 5.74) is 0. The van der Waals surface area contributed by atoms with Crippen LogP contribution in [-0.2, 0) is 23.4 Å². The molecular formula is C43H87O7P. The molecule has 2 N–H and O–H groups in total. The van der Waals surface area contributed by atoms with Crippen molar-refractivity contribution < 1.29 is 33.1 Å². The van der Waals surface area contributed by atoms with E-state index >= 15 is 0 Å². The highest BCUT2D eigenvalue weighted by molar-refractivity contribution is 7.46. The number of rotatable bonds is 43. The van der Waals surface area contributed by atoms with Gasteiger partial charge in [0.25, 0.3) is 0 Å². The van der Waals surface area contributed by atoms with Gasteiger partial charge in [-0.1, -0.05) is 226 Å². The Bertz CT molecular complexity index is 744. The Morgan fingerprint density at radius 3 is 1.06 bits per heavy atom. The molecule has 0 bridgehead atoms. The Kier molecular flexibility index (Phi) is 40.4. The highest BCUT2D eigenvalue weighted by Crippen LogP contribution is 2.36. The van der Waals surface area contributed by atoms with Crippen LogP contribution in [0.1, 0.15) is 245 Å². The number of carbonyl (C=O) groups excluding carboxylic acids is 1. The standard InChI is InChI=1S/C43H87O7P/c1-3-5-7-9-11-13-15-17-19-20-21-22-23-24-25-26-28-30-32-34-36-38-43(44)50-42(41-49-51(45,46)47)40-48-39-37-35-33-31-29-27-18-16-14-12-10-8-6-4-2/h42H,3-41H2,1-2H3,(H2,45,46,47)/t42-/m1/s1. The van der Waals surface area contributed by atoms with Gasteiger partial charge >= 0.3 is 13.8 Å². The third-order valence-corrected chi connectivity index (χ3v) is 10.6. The number of carbonyl (C=O) groups is 1. The van der Waals surface area contributed by atoms with E-state index in [9.17, 15) is 9.36 Å². The lowest BCUT2D eigenvalue weighted by Gasteiger charge is -2.18. The monoisotopic (exact) mass is 747 g/mol. The number of esters is 1. The van der Waals surface area contributed by atoms with Crippen molar-refractivity contribution >= 4 is 13.8 Å². The molecule has 0 fully saturated rings. The molecule has 0 heterocycles. The zero-order valence-electron chi connectivity index (χ0n) is 34.0. The van der Waals surface area contributed by atoms with E-state index in [0.29, 0.717) is 13.0 Å². The molecule has 306 valence electrons. The van der Waals surface area contributed by atoms with Gasteiger partial charge in [-0.25, -0.2) is 4.57 Å². The van der Waals surface area contributed by atoms with Crippen LogP contribution in [0.3, 0.4) is 0 Å².